The highest BCUT2D eigenvalue weighted by Crippen LogP contribution is 2.36. The number of methoxy groups -OCH3 is 1. The first-order valence-corrected chi connectivity index (χ1v) is 11.0. The van der Waals surface area contributed by atoms with Crippen LogP contribution in [0.15, 0.2) is 36.4 Å². The number of esters is 1. The minimum absolute atomic E-state index is 0.0850. The summed E-state index contributed by atoms with van der Waals surface area (Å²) in [5, 5.41) is 6.20. The number of thiophene rings is 1. The number of carbonyl (C=O) groups is 3. The summed E-state index contributed by atoms with van der Waals surface area (Å²) in [6, 6.07) is 9.91. The van der Waals surface area contributed by atoms with Gasteiger partial charge >= 0.3 is 5.97 Å². The summed E-state index contributed by atoms with van der Waals surface area (Å²) in [5.41, 5.74) is 2.20. The Morgan fingerprint density at radius 3 is 2.48 bits per heavy atom. The van der Waals surface area contributed by atoms with Gasteiger partial charge in [-0.1, -0.05) is 17.7 Å². The molecule has 0 fully saturated rings. The van der Waals surface area contributed by atoms with Crippen molar-refractivity contribution < 1.29 is 28.6 Å². The van der Waals surface area contributed by atoms with Gasteiger partial charge in [-0.3, -0.25) is 9.59 Å². The van der Waals surface area contributed by atoms with Crippen molar-refractivity contribution in [2.45, 2.75) is 13.8 Å². The van der Waals surface area contributed by atoms with Gasteiger partial charge in [-0.25, -0.2) is 4.79 Å². The predicted molar refractivity (Wildman–Crippen MR) is 125 cm³/mol. The van der Waals surface area contributed by atoms with E-state index in [4.69, 9.17) is 25.8 Å². The summed E-state index contributed by atoms with van der Waals surface area (Å²) in [6.07, 6.45) is 0. The largest absolute Gasteiger partial charge is 0.465 e. The minimum Gasteiger partial charge on any atom is -0.465 e. The van der Waals surface area contributed by atoms with Crippen molar-refractivity contribution in [3.8, 4) is 11.5 Å². The smallest absolute Gasteiger partial charge is 0.341 e. The Labute approximate surface area is 198 Å². The number of fused-ring (bicyclic) bond motifs is 1. The van der Waals surface area contributed by atoms with Gasteiger partial charge < -0.3 is 24.8 Å². The van der Waals surface area contributed by atoms with Crippen molar-refractivity contribution in [3.05, 3.63) is 68.6 Å². The summed E-state index contributed by atoms with van der Waals surface area (Å²) >= 11 is 7.12. The van der Waals surface area contributed by atoms with E-state index in [1.54, 1.807) is 43.3 Å². The molecule has 2 N–H and O–H groups in total. The second-order valence-electron chi connectivity index (χ2n) is 7.19. The van der Waals surface area contributed by atoms with Crippen LogP contribution in [-0.4, -0.2) is 31.7 Å². The zero-order valence-corrected chi connectivity index (χ0v) is 19.5. The average Bonchev–Trinajstić information content (AvgIpc) is 3.39. The van der Waals surface area contributed by atoms with Gasteiger partial charge in [0.25, 0.3) is 11.8 Å². The Bertz CT molecular complexity index is 1290. The predicted octanol–water partition coefficient (Wildman–Crippen LogP) is 5.04. The minimum atomic E-state index is -0.665. The first-order chi connectivity index (χ1) is 15.8. The van der Waals surface area contributed by atoms with Gasteiger partial charge in [0, 0.05) is 16.3 Å². The normalized spacial score (nSPS) is 11.8. The lowest BCUT2D eigenvalue weighted by atomic mass is 10.1. The molecule has 0 saturated heterocycles. The third-order valence-corrected chi connectivity index (χ3v) is 6.65. The molecule has 2 aromatic carbocycles. The molecule has 0 atom stereocenters. The molecule has 8 nitrogen and oxygen atoms in total. The van der Waals surface area contributed by atoms with Crippen molar-refractivity contribution >= 4 is 51.4 Å². The van der Waals surface area contributed by atoms with Crippen LogP contribution in [0.3, 0.4) is 0 Å². The Balaban J connectivity index is 1.63. The summed E-state index contributed by atoms with van der Waals surface area (Å²) in [6.45, 7) is 3.56. The molecule has 2 amide bonds. The highest BCUT2D eigenvalue weighted by Gasteiger charge is 2.27. The lowest BCUT2D eigenvalue weighted by molar-refractivity contribution is 0.0601. The van der Waals surface area contributed by atoms with Gasteiger partial charge in [-0.2, -0.15) is 0 Å². The second-order valence-corrected chi connectivity index (χ2v) is 8.62. The maximum atomic E-state index is 13.0. The highest BCUT2D eigenvalue weighted by molar-refractivity contribution is 7.19. The molecule has 0 saturated carbocycles. The molecule has 3 aromatic rings. The van der Waals surface area contributed by atoms with E-state index < -0.39 is 17.8 Å². The SMILES string of the molecule is COC(=O)c1c(NC(=O)c2ccc3c(c2)OCO3)sc(C(=O)Nc2ccc(C)c(Cl)c2)c1C. The van der Waals surface area contributed by atoms with Gasteiger partial charge in [-0.15, -0.1) is 11.3 Å². The summed E-state index contributed by atoms with van der Waals surface area (Å²) in [5.74, 6) is -0.579. The third kappa shape index (κ3) is 4.50. The van der Waals surface area contributed by atoms with Crippen LogP contribution in [0.2, 0.25) is 5.02 Å². The summed E-state index contributed by atoms with van der Waals surface area (Å²) in [4.78, 5) is 38.5. The van der Waals surface area contributed by atoms with Crippen LogP contribution in [0.5, 0.6) is 11.5 Å². The Kier molecular flexibility index (Phi) is 6.26. The van der Waals surface area contributed by atoms with E-state index in [1.807, 2.05) is 6.92 Å². The van der Waals surface area contributed by atoms with Crippen LogP contribution < -0.4 is 20.1 Å². The van der Waals surface area contributed by atoms with Crippen molar-refractivity contribution in [2.24, 2.45) is 0 Å². The van der Waals surface area contributed by atoms with E-state index in [2.05, 4.69) is 10.6 Å². The van der Waals surface area contributed by atoms with E-state index >= 15 is 0 Å². The number of amides is 2. The topological polar surface area (TPSA) is 103 Å². The van der Waals surface area contributed by atoms with Crippen LogP contribution in [0, 0.1) is 13.8 Å². The third-order valence-electron chi connectivity index (χ3n) is 5.03. The lowest BCUT2D eigenvalue weighted by Crippen LogP contribution is -2.14. The zero-order chi connectivity index (χ0) is 23.7. The fourth-order valence-corrected chi connectivity index (χ4v) is 4.50. The molecule has 1 aromatic heterocycles. The van der Waals surface area contributed by atoms with Crippen LogP contribution in [0.1, 0.15) is 41.5 Å². The molecular weight excluding hydrogens is 468 g/mol. The molecule has 4 rings (SSSR count). The van der Waals surface area contributed by atoms with Crippen molar-refractivity contribution in [1.29, 1.82) is 0 Å². The Hall–Kier alpha value is -3.56. The van der Waals surface area contributed by atoms with Gasteiger partial charge in [-0.05, 0) is 55.3 Å². The lowest BCUT2D eigenvalue weighted by Gasteiger charge is -2.07. The number of halogens is 1. The standard InChI is InChI=1S/C23H19ClN2O6S/c1-11-4-6-14(9-15(11)24)25-21(28)19-12(2)18(23(29)30-3)22(33-19)26-20(27)13-5-7-16-17(8-13)32-10-31-16/h4-9H,10H2,1-3H3,(H,25,28)(H,26,27). The van der Waals surface area contributed by atoms with Crippen molar-refractivity contribution in [3.63, 3.8) is 0 Å². The number of ether oxygens (including phenoxy) is 3. The number of rotatable bonds is 5. The average molecular weight is 487 g/mol. The fourth-order valence-electron chi connectivity index (χ4n) is 3.24. The molecule has 1 aliphatic rings. The van der Waals surface area contributed by atoms with Gasteiger partial charge in [0.1, 0.15) is 5.00 Å². The number of nitrogens with one attached hydrogen (secondary N) is 2. The van der Waals surface area contributed by atoms with E-state index in [0.29, 0.717) is 33.3 Å². The first kappa shape index (κ1) is 22.6. The van der Waals surface area contributed by atoms with Crippen LogP contribution in [0.4, 0.5) is 10.7 Å². The van der Waals surface area contributed by atoms with Crippen LogP contribution >= 0.6 is 22.9 Å². The molecule has 1 aliphatic heterocycles. The molecule has 33 heavy (non-hydrogen) atoms. The summed E-state index contributed by atoms with van der Waals surface area (Å²) in [7, 11) is 1.23. The van der Waals surface area contributed by atoms with Crippen LogP contribution in [-0.2, 0) is 4.74 Å². The number of hydrogen-bond acceptors (Lipinski definition) is 7. The van der Waals surface area contributed by atoms with E-state index in [-0.39, 0.29) is 22.2 Å². The molecule has 10 heteroatoms. The van der Waals surface area contributed by atoms with Crippen molar-refractivity contribution in [2.75, 3.05) is 24.5 Å². The van der Waals surface area contributed by atoms with E-state index in [9.17, 15) is 14.4 Å². The number of anilines is 2. The van der Waals surface area contributed by atoms with Gasteiger partial charge in [0.15, 0.2) is 11.5 Å². The van der Waals surface area contributed by atoms with E-state index in [1.165, 1.54) is 7.11 Å². The van der Waals surface area contributed by atoms with Crippen LogP contribution in [0.25, 0.3) is 0 Å². The maximum Gasteiger partial charge on any atom is 0.341 e. The molecule has 0 spiro atoms. The number of aryl methyl sites for hydroxylation is 1. The Morgan fingerprint density at radius 2 is 1.76 bits per heavy atom. The van der Waals surface area contributed by atoms with E-state index in [0.717, 1.165) is 16.9 Å². The molecule has 0 aliphatic carbocycles. The molecular formula is C23H19ClN2O6S. The fraction of sp³-hybridized carbons (Fsp3) is 0.174. The quantitative estimate of drug-likeness (QED) is 0.490. The highest BCUT2D eigenvalue weighted by atomic mass is 35.5. The second kappa shape index (κ2) is 9.13. The molecule has 0 unspecified atom stereocenters. The first-order valence-electron chi connectivity index (χ1n) is 9.78. The zero-order valence-electron chi connectivity index (χ0n) is 17.9. The van der Waals surface area contributed by atoms with Crippen molar-refractivity contribution in [1.82, 2.24) is 0 Å². The number of benzene rings is 2. The Morgan fingerprint density at radius 1 is 1.00 bits per heavy atom. The molecule has 2 heterocycles. The number of carbonyl (C=O) groups excluding carboxylic acids is 3. The van der Waals surface area contributed by atoms with Gasteiger partial charge in [0.05, 0.1) is 17.6 Å². The number of hydrogen-bond donors (Lipinski definition) is 2. The maximum absolute atomic E-state index is 13.0. The molecule has 0 bridgehead atoms. The molecule has 170 valence electrons. The molecule has 0 radical (unpaired) electrons. The summed E-state index contributed by atoms with van der Waals surface area (Å²) < 4.78 is 15.4. The van der Waals surface area contributed by atoms with Gasteiger partial charge in [0.2, 0.25) is 6.79 Å². The monoisotopic (exact) mass is 486 g/mol.